The van der Waals surface area contributed by atoms with Gasteiger partial charge in [0.25, 0.3) is 0 Å². The fourth-order valence-electron chi connectivity index (χ4n) is 1.91. The lowest BCUT2D eigenvalue weighted by atomic mass is 10.2. The molecule has 2 aromatic rings. The smallest absolute Gasteiger partial charge is 0.216 e. The standard InChI is InChI=1S/C15H16N4O2/c1-11-13(9-17-19-16)14(8-15(18-11)20-2)21-10-12-6-4-3-5-7-12/h3-8H,9-10H2,1-2H3. The molecule has 0 aliphatic rings. The summed E-state index contributed by atoms with van der Waals surface area (Å²) in [5.41, 5.74) is 11.0. The number of methoxy groups -OCH3 is 1. The summed E-state index contributed by atoms with van der Waals surface area (Å²) in [4.78, 5) is 7.06. The molecule has 0 saturated heterocycles. The molecule has 0 unspecified atom stereocenters. The quantitative estimate of drug-likeness (QED) is 0.460. The second-order valence-corrected chi connectivity index (χ2v) is 4.39. The first-order valence-electron chi connectivity index (χ1n) is 6.46. The van der Waals surface area contributed by atoms with Crippen molar-refractivity contribution in [3.05, 3.63) is 63.7 Å². The number of aryl methyl sites for hydroxylation is 1. The molecular weight excluding hydrogens is 268 g/mol. The fraction of sp³-hybridized carbons (Fsp3) is 0.267. The summed E-state index contributed by atoms with van der Waals surface area (Å²) in [5, 5.41) is 3.59. The Bertz CT molecular complexity index is 652. The fourth-order valence-corrected chi connectivity index (χ4v) is 1.91. The van der Waals surface area contributed by atoms with E-state index in [1.54, 1.807) is 13.2 Å². The Labute approximate surface area is 123 Å². The van der Waals surface area contributed by atoms with Crippen LogP contribution in [0.2, 0.25) is 0 Å². The molecule has 21 heavy (non-hydrogen) atoms. The van der Waals surface area contributed by atoms with Gasteiger partial charge in [0.15, 0.2) is 0 Å². The molecule has 6 heteroatoms. The van der Waals surface area contributed by atoms with Crippen molar-refractivity contribution in [2.24, 2.45) is 5.11 Å². The highest BCUT2D eigenvalue weighted by Gasteiger charge is 2.11. The van der Waals surface area contributed by atoms with Crippen LogP contribution >= 0.6 is 0 Å². The maximum Gasteiger partial charge on any atom is 0.216 e. The number of ether oxygens (including phenoxy) is 2. The Morgan fingerprint density at radius 1 is 1.29 bits per heavy atom. The first-order chi connectivity index (χ1) is 10.2. The third kappa shape index (κ3) is 3.87. The van der Waals surface area contributed by atoms with Crippen LogP contribution in [0.5, 0.6) is 11.6 Å². The number of azide groups is 1. The molecule has 1 heterocycles. The predicted octanol–water partition coefficient (Wildman–Crippen LogP) is 3.79. The number of rotatable bonds is 6. The largest absolute Gasteiger partial charge is 0.488 e. The van der Waals surface area contributed by atoms with Crippen molar-refractivity contribution in [1.82, 2.24) is 4.98 Å². The van der Waals surface area contributed by atoms with E-state index in [9.17, 15) is 0 Å². The van der Waals surface area contributed by atoms with Crippen molar-refractivity contribution >= 4 is 0 Å². The zero-order valence-electron chi connectivity index (χ0n) is 12.0. The summed E-state index contributed by atoms with van der Waals surface area (Å²) in [6, 6.07) is 11.5. The highest BCUT2D eigenvalue weighted by Crippen LogP contribution is 2.27. The van der Waals surface area contributed by atoms with Gasteiger partial charge in [-0.15, -0.1) is 0 Å². The number of hydrogen-bond donors (Lipinski definition) is 0. The van der Waals surface area contributed by atoms with Gasteiger partial charge in [-0.3, -0.25) is 0 Å². The second-order valence-electron chi connectivity index (χ2n) is 4.39. The van der Waals surface area contributed by atoms with Crippen molar-refractivity contribution in [2.75, 3.05) is 7.11 Å². The van der Waals surface area contributed by atoms with Crippen LogP contribution in [0.1, 0.15) is 16.8 Å². The van der Waals surface area contributed by atoms with Crippen LogP contribution < -0.4 is 9.47 Å². The zero-order chi connectivity index (χ0) is 15.1. The summed E-state index contributed by atoms with van der Waals surface area (Å²) in [7, 11) is 1.55. The topological polar surface area (TPSA) is 80.1 Å². The van der Waals surface area contributed by atoms with Gasteiger partial charge in [0.05, 0.1) is 13.7 Å². The number of aromatic nitrogens is 1. The predicted molar refractivity (Wildman–Crippen MR) is 79.2 cm³/mol. The average molecular weight is 284 g/mol. The summed E-state index contributed by atoms with van der Waals surface area (Å²) in [6.07, 6.45) is 0. The average Bonchev–Trinajstić information content (AvgIpc) is 2.52. The molecular formula is C15H16N4O2. The molecule has 0 aliphatic carbocycles. The van der Waals surface area contributed by atoms with Crippen LogP contribution in [-0.2, 0) is 13.2 Å². The second kappa shape index (κ2) is 7.17. The van der Waals surface area contributed by atoms with E-state index in [-0.39, 0.29) is 6.54 Å². The van der Waals surface area contributed by atoms with Crippen LogP contribution in [0.25, 0.3) is 10.4 Å². The maximum absolute atomic E-state index is 8.49. The number of nitrogens with zero attached hydrogens (tertiary/aromatic N) is 4. The normalized spacial score (nSPS) is 9.81. The summed E-state index contributed by atoms with van der Waals surface area (Å²) in [5.74, 6) is 1.09. The van der Waals surface area contributed by atoms with E-state index < -0.39 is 0 Å². The molecule has 0 saturated carbocycles. The molecule has 0 bridgehead atoms. The third-order valence-electron chi connectivity index (χ3n) is 3.01. The lowest BCUT2D eigenvalue weighted by Gasteiger charge is -2.13. The van der Waals surface area contributed by atoms with Crippen molar-refractivity contribution in [2.45, 2.75) is 20.1 Å². The Kier molecular flexibility index (Phi) is 5.01. The maximum atomic E-state index is 8.49. The summed E-state index contributed by atoms with van der Waals surface area (Å²) < 4.78 is 11.0. The van der Waals surface area contributed by atoms with Gasteiger partial charge in [-0.1, -0.05) is 35.4 Å². The van der Waals surface area contributed by atoms with Crippen LogP contribution in [0.4, 0.5) is 0 Å². The van der Waals surface area contributed by atoms with Crippen LogP contribution in [0.3, 0.4) is 0 Å². The Hall–Kier alpha value is -2.72. The Morgan fingerprint density at radius 2 is 2.05 bits per heavy atom. The number of hydrogen-bond acceptors (Lipinski definition) is 4. The molecule has 0 aliphatic heterocycles. The minimum atomic E-state index is 0.198. The van der Waals surface area contributed by atoms with Crippen molar-refractivity contribution in [3.63, 3.8) is 0 Å². The summed E-state index contributed by atoms with van der Waals surface area (Å²) in [6.45, 7) is 2.46. The molecule has 0 amide bonds. The van der Waals surface area contributed by atoms with Crippen molar-refractivity contribution < 1.29 is 9.47 Å². The number of benzene rings is 1. The molecule has 1 aromatic heterocycles. The van der Waals surface area contributed by atoms with Crippen molar-refractivity contribution in [1.29, 1.82) is 0 Å². The van der Waals surface area contributed by atoms with Gasteiger partial charge < -0.3 is 9.47 Å². The minimum Gasteiger partial charge on any atom is -0.488 e. The molecule has 0 fully saturated rings. The molecule has 0 N–H and O–H groups in total. The molecule has 6 nitrogen and oxygen atoms in total. The van der Waals surface area contributed by atoms with Gasteiger partial charge in [0.2, 0.25) is 5.88 Å². The monoisotopic (exact) mass is 284 g/mol. The first kappa shape index (κ1) is 14.7. The molecule has 2 rings (SSSR count). The van der Waals surface area contributed by atoms with Crippen molar-refractivity contribution in [3.8, 4) is 11.6 Å². The highest BCUT2D eigenvalue weighted by molar-refractivity contribution is 5.40. The van der Waals surface area contributed by atoms with E-state index in [1.165, 1.54) is 0 Å². The molecule has 0 atom stereocenters. The lowest BCUT2D eigenvalue weighted by Crippen LogP contribution is -2.03. The van der Waals surface area contributed by atoms with E-state index in [0.29, 0.717) is 18.2 Å². The first-order valence-corrected chi connectivity index (χ1v) is 6.46. The van der Waals surface area contributed by atoms with Gasteiger partial charge in [-0.25, -0.2) is 4.98 Å². The van der Waals surface area contributed by atoms with E-state index in [2.05, 4.69) is 15.0 Å². The van der Waals surface area contributed by atoms with Gasteiger partial charge >= 0.3 is 0 Å². The molecule has 108 valence electrons. The van der Waals surface area contributed by atoms with Gasteiger partial charge in [-0.2, -0.15) is 0 Å². The van der Waals surface area contributed by atoms with Crippen LogP contribution in [-0.4, -0.2) is 12.1 Å². The summed E-state index contributed by atoms with van der Waals surface area (Å²) >= 11 is 0. The van der Waals surface area contributed by atoms with E-state index >= 15 is 0 Å². The van der Waals surface area contributed by atoms with E-state index in [0.717, 1.165) is 16.8 Å². The highest BCUT2D eigenvalue weighted by atomic mass is 16.5. The Balaban J connectivity index is 2.26. The molecule has 0 spiro atoms. The molecule has 1 aromatic carbocycles. The van der Waals surface area contributed by atoms with E-state index in [4.69, 9.17) is 15.0 Å². The van der Waals surface area contributed by atoms with Crippen LogP contribution in [0.15, 0.2) is 41.5 Å². The van der Waals surface area contributed by atoms with E-state index in [1.807, 2.05) is 37.3 Å². The molecule has 0 radical (unpaired) electrons. The van der Waals surface area contributed by atoms with Gasteiger partial charge in [0, 0.05) is 22.2 Å². The SMILES string of the molecule is COc1cc(OCc2ccccc2)c(CN=[N+]=[N-])c(C)n1. The van der Waals surface area contributed by atoms with Crippen LogP contribution in [0, 0.1) is 6.92 Å². The lowest BCUT2D eigenvalue weighted by molar-refractivity contribution is 0.298. The number of pyridine rings is 1. The van der Waals surface area contributed by atoms with Gasteiger partial charge in [0.1, 0.15) is 12.4 Å². The minimum absolute atomic E-state index is 0.198. The third-order valence-corrected chi connectivity index (χ3v) is 3.01. The zero-order valence-corrected chi connectivity index (χ0v) is 12.0. The van der Waals surface area contributed by atoms with Gasteiger partial charge in [-0.05, 0) is 18.0 Å². The Morgan fingerprint density at radius 3 is 2.71 bits per heavy atom.